The van der Waals surface area contributed by atoms with Gasteiger partial charge >= 0.3 is 6.98 Å². The molecule has 0 aliphatic heterocycles. The average Bonchev–Trinajstić information content (AvgIpc) is 2.45. The molecule has 2 rings (SSSR count). The Labute approximate surface area is 83.4 Å². The third-order valence-corrected chi connectivity index (χ3v) is 3.09. The van der Waals surface area contributed by atoms with Crippen LogP contribution in [0.3, 0.4) is 0 Å². The number of hydrogen-bond donors (Lipinski definition) is 0. The number of thiophene rings is 1. The first-order chi connectivity index (χ1) is 6.48. The van der Waals surface area contributed by atoms with Crippen molar-refractivity contribution in [1.82, 2.24) is 0 Å². The fourth-order valence-corrected chi connectivity index (χ4v) is 2.40. The molecule has 14 heavy (non-hydrogen) atoms. The molecule has 0 saturated heterocycles. The SMILES string of the molecule is Cc1ccc2scc([B-](F)(F)F)c2c1. The lowest BCUT2D eigenvalue weighted by Crippen LogP contribution is -2.33. The maximum atomic E-state index is 12.6. The quantitative estimate of drug-likeness (QED) is 0.640. The Kier molecular flexibility index (Phi) is 2.07. The molecule has 0 unspecified atom stereocenters. The standard InChI is InChI=1S/C9H7BF3S/c1-6-2-3-9-7(4-6)8(5-14-9)10(11,12)13/h2-5H,1H3/q-1. The van der Waals surface area contributed by atoms with Crippen LogP contribution in [-0.4, -0.2) is 6.98 Å². The van der Waals surface area contributed by atoms with Gasteiger partial charge in [0.25, 0.3) is 0 Å². The van der Waals surface area contributed by atoms with Crippen LogP contribution in [0.5, 0.6) is 0 Å². The van der Waals surface area contributed by atoms with Gasteiger partial charge in [-0.25, -0.2) is 0 Å². The highest BCUT2D eigenvalue weighted by Crippen LogP contribution is 2.24. The molecule has 0 fully saturated rings. The third kappa shape index (κ3) is 1.52. The summed E-state index contributed by atoms with van der Waals surface area (Å²) in [7, 11) is 0. The van der Waals surface area contributed by atoms with Crippen LogP contribution >= 0.6 is 11.3 Å². The normalized spacial score (nSPS) is 12.3. The molecule has 0 radical (unpaired) electrons. The fraction of sp³-hybridized carbons (Fsp3) is 0.111. The van der Waals surface area contributed by atoms with E-state index in [0.29, 0.717) is 10.1 Å². The largest absolute Gasteiger partial charge is 0.511 e. The van der Waals surface area contributed by atoms with Crippen molar-refractivity contribution in [2.45, 2.75) is 6.92 Å². The number of halogens is 3. The Bertz CT molecular complexity index is 472. The van der Waals surface area contributed by atoms with Crippen LogP contribution in [0.1, 0.15) is 5.56 Å². The number of benzene rings is 1. The van der Waals surface area contributed by atoms with Crippen molar-refractivity contribution in [2.24, 2.45) is 0 Å². The summed E-state index contributed by atoms with van der Waals surface area (Å²) in [6, 6.07) is 5.16. The van der Waals surface area contributed by atoms with Crippen LogP contribution in [0, 0.1) is 6.92 Å². The highest BCUT2D eigenvalue weighted by Gasteiger charge is 2.28. The van der Waals surface area contributed by atoms with Crippen LogP contribution in [-0.2, 0) is 0 Å². The van der Waals surface area contributed by atoms with E-state index in [0.717, 1.165) is 16.9 Å². The van der Waals surface area contributed by atoms with Gasteiger partial charge in [0.2, 0.25) is 0 Å². The zero-order chi connectivity index (χ0) is 10.3. The molecule has 5 heteroatoms. The molecule has 0 bridgehead atoms. The van der Waals surface area contributed by atoms with Gasteiger partial charge in [-0.05, 0) is 23.8 Å². The summed E-state index contributed by atoms with van der Waals surface area (Å²) in [5, 5.41) is 1.53. The molecule has 0 saturated carbocycles. The van der Waals surface area contributed by atoms with Gasteiger partial charge in [0.15, 0.2) is 0 Å². The predicted molar refractivity (Wildman–Crippen MR) is 55.3 cm³/mol. The maximum Gasteiger partial charge on any atom is 0.511 e. The van der Waals surface area contributed by atoms with Crippen molar-refractivity contribution < 1.29 is 12.9 Å². The highest BCUT2D eigenvalue weighted by atomic mass is 32.1. The summed E-state index contributed by atoms with van der Waals surface area (Å²) in [6.45, 7) is -3.08. The van der Waals surface area contributed by atoms with E-state index in [1.54, 1.807) is 19.1 Å². The highest BCUT2D eigenvalue weighted by molar-refractivity contribution is 7.19. The van der Waals surface area contributed by atoms with Crippen LogP contribution in [0.15, 0.2) is 23.6 Å². The Morgan fingerprint density at radius 3 is 2.57 bits per heavy atom. The number of hydrogen-bond acceptors (Lipinski definition) is 1. The second-order valence-corrected chi connectivity index (χ2v) is 4.18. The molecule has 0 N–H and O–H groups in total. The Morgan fingerprint density at radius 2 is 1.93 bits per heavy atom. The molecule has 1 heterocycles. The third-order valence-electron chi connectivity index (χ3n) is 2.11. The van der Waals surface area contributed by atoms with E-state index in [2.05, 4.69) is 0 Å². The van der Waals surface area contributed by atoms with Gasteiger partial charge < -0.3 is 12.9 Å². The molecule has 2 aromatic rings. The van der Waals surface area contributed by atoms with Crippen LogP contribution in [0.25, 0.3) is 10.1 Å². The van der Waals surface area contributed by atoms with Gasteiger partial charge in [0.05, 0.1) is 0 Å². The van der Waals surface area contributed by atoms with E-state index in [4.69, 9.17) is 0 Å². The van der Waals surface area contributed by atoms with Crippen LogP contribution in [0.2, 0.25) is 0 Å². The van der Waals surface area contributed by atoms with Gasteiger partial charge in [-0.2, -0.15) is 0 Å². The summed E-state index contributed by atoms with van der Waals surface area (Å²) >= 11 is 1.15. The first-order valence-electron chi connectivity index (χ1n) is 4.16. The predicted octanol–water partition coefficient (Wildman–Crippen LogP) is 3.26. The summed E-state index contributed by atoms with van der Waals surface area (Å²) in [5.41, 5.74) is 0.394. The van der Waals surface area contributed by atoms with Gasteiger partial charge in [0, 0.05) is 4.70 Å². The lowest BCUT2D eigenvalue weighted by Gasteiger charge is -2.13. The topological polar surface area (TPSA) is 0 Å². The molecule has 0 atom stereocenters. The minimum Gasteiger partial charge on any atom is -0.445 e. The van der Waals surface area contributed by atoms with E-state index in [9.17, 15) is 12.9 Å². The Morgan fingerprint density at radius 1 is 1.21 bits per heavy atom. The average molecular weight is 215 g/mol. The van der Waals surface area contributed by atoms with Crippen molar-refractivity contribution in [2.75, 3.05) is 0 Å². The molecular formula is C9H7BF3S-. The van der Waals surface area contributed by atoms with E-state index < -0.39 is 12.4 Å². The number of fused-ring (bicyclic) bond motifs is 1. The summed E-state index contributed by atoms with van der Waals surface area (Å²) in [6.07, 6.45) is 0. The molecule has 1 aromatic carbocycles. The van der Waals surface area contributed by atoms with Crippen molar-refractivity contribution in [3.63, 3.8) is 0 Å². The molecule has 1 aromatic heterocycles. The van der Waals surface area contributed by atoms with Crippen molar-refractivity contribution in [1.29, 1.82) is 0 Å². The van der Waals surface area contributed by atoms with Crippen LogP contribution < -0.4 is 5.46 Å². The van der Waals surface area contributed by atoms with Gasteiger partial charge in [0.1, 0.15) is 0 Å². The summed E-state index contributed by atoms with van der Waals surface area (Å²) in [5.74, 6) is 0. The Hall–Kier alpha value is -0.965. The Balaban J connectivity index is 2.73. The first-order valence-corrected chi connectivity index (χ1v) is 5.04. The zero-order valence-electron chi connectivity index (χ0n) is 7.43. The zero-order valence-corrected chi connectivity index (χ0v) is 8.25. The molecule has 0 amide bonds. The van der Waals surface area contributed by atoms with E-state index in [-0.39, 0.29) is 0 Å². The first kappa shape index (κ1) is 9.58. The number of aryl methyl sites for hydroxylation is 1. The summed E-state index contributed by atoms with van der Waals surface area (Å²) in [4.78, 5) is 0. The maximum absolute atomic E-state index is 12.6. The van der Waals surface area contributed by atoms with Crippen LogP contribution in [0.4, 0.5) is 12.9 Å². The monoisotopic (exact) mass is 215 g/mol. The van der Waals surface area contributed by atoms with Gasteiger partial charge in [-0.3, -0.25) is 0 Å². The minimum atomic E-state index is -4.88. The lowest BCUT2D eigenvalue weighted by atomic mass is 9.80. The fourth-order valence-electron chi connectivity index (χ4n) is 1.42. The lowest BCUT2D eigenvalue weighted by molar-refractivity contribution is 0.502. The smallest absolute Gasteiger partial charge is 0.445 e. The number of rotatable bonds is 1. The van der Waals surface area contributed by atoms with E-state index in [1.807, 2.05) is 6.07 Å². The van der Waals surface area contributed by atoms with Crippen molar-refractivity contribution >= 4 is 33.9 Å². The molecule has 0 spiro atoms. The molecular weight excluding hydrogens is 208 g/mol. The van der Waals surface area contributed by atoms with E-state index >= 15 is 0 Å². The van der Waals surface area contributed by atoms with E-state index in [1.165, 1.54) is 5.38 Å². The molecule has 0 aliphatic carbocycles. The van der Waals surface area contributed by atoms with Gasteiger partial charge in [-0.15, -0.1) is 11.3 Å². The van der Waals surface area contributed by atoms with Crippen molar-refractivity contribution in [3.05, 3.63) is 29.1 Å². The summed E-state index contributed by atoms with van der Waals surface area (Å²) < 4.78 is 38.4. The minimum absolute atomic E-state index is 0.336. The second kappa shape index (κ2) is 3.02. The second-order valence-electron chi connectivity index (χ2n) is 3.27. The van der Waals surface area contributed by atoms with Gasteiger partial charge in [-0.1, -0.05) is 23.2 Å². The molecule has 74 valence electrons. The molecule has 0 aliphatic rings. The van der Waals surface area contributed by atoms with Crippen molar-refractivity contribution in [3.8, 4) is 0 Å². The molecule has 0 nitrogen and oxygen atoms in total.